The van der Waals surface area contributed by atoms with Gasteiger partial charge in [-0.15, -0.1) is 0 Å². The SMILES string of the molecule is Cc1cc(NS(=O)(=O)c2ccc(NC(=O)c3ccc(F)cc3)cc2)nc(C)n1. The van der Waals surface area contributed by atoms with Gasteiger partial charge in [0.2, 0.25) is 0 Å². The topological polar surface area (TPSA) is 101 Å². The maximum absolute atomic E-state index is 12.9. The highest BCUT2D eigenvalue weighted by Crippen LogP contribution is 2.18. The third kappa shape index (κ3) is 4.68. The van der Waals surface area contributed by atoms with Crippen LogP contribution in [0.15, 0.2) is 59.5 Å². The molecule has 1 aromatic heterocycles. The molecule has 0 unspecified atom stereocenters. The first-order chi connectivity index (χ1) is 13.2. The van der Waals surface area contributed by atoms with Crippen molar-refractivity contribution in [2.75, 3.05) is 10.0 Å². The Morgan fingerprint density at radius 3 is 2.21 bits per heavy atom. The van der Waals surface area contributed by atoms with Gasteiger partial charge in [0.25, 0.3) is 15.9 Å². The molecule has 0 aliphatic carbocycles. The van der Waals surface area contributed by atoms with E-state index in [2.05, 4.69) is 20.0 Å². The van der Waals surface area contributed by atoms with Gasteiger partial charge in [0.1, 0.15) is 17.5 Å². The molecule has 3 rings (SSSR count). The average Bonchev–Trinajstić information content (AvgIpc) is 2.61. The van der Waals surface area contributed by atoms with E-state index in [9.17, 15) is 17.6 Å². The number of halogens is 1. The van der Waals surface area contributed by atoms with E-state index in [1.54, 1.807) is 13.8 Å². The number of hydrogen-bond acceptors (Lipinski definition) is 5. The fourth-order valence-electron chi connectivity index (χ4n) is 2.49. The normalized spacial score (nSPS) is 11.1. The van der Waals surface area contributed by atoms with E-state index in [4.69, 9.17) is 0 Å². The molecule has 0 saturated carbocycles. The largest absolute Gasteiger partial charge is 0.322 e. The molecule has 0 fully saturated rings. The van der Waals surface area contributed by atoms with Crippen LogP contribution < -0.4 is 10.0 Å². The van der Waals surface area contributed by atoms with E-state index < -0.39 is 21.7 Å². The van der Waals surface area contributed by atoms with Gasteiger partial charge in [-0.05, 0) is 62.4 Å². The molecule has 7 nitrogen and oxygen atoms in total. The molecule has 9 heteroatoms. The molecule has 0 radical (unpaired) electrons. The van der Waals surface area contributed by atoms with Crippen molar-refractivity contribution in [2.24, 2.45) is 0 Å². The zero-order valence-electron chi connectivity index (χ0n) is 15.1. The predicted octanol–water partition coefficient (Wildman–Crippen LogP) is 3.29. The number of anilines is 2. The van der Waals surface area contributed by atoms with Crippen LogP contribution in [0.5, 0.6) is 0 Å². The Kier molecular flexibility index (Phi) is 5.36. The lowest BCUT2D eigenvalue weighted by Gasteiger charge is -2.10. The lowest BCUT2D eigenvalue weighted by Crippen LogP contribution is -2.15. The monoisotopic (exact) mass is 400 g/mol. The van der Waals surface area contributed by atoms with Crippen LogP contribution in [0.3, 0.4) is 0 Å². The number of nitrogens with one attached hydrogen (secondary N) is 2. The van der Waals surface area contributed by atoms with E-state index in [1.807, 2.05) is 0 Å². The standard InChI is InChI=1S/C19H17FN4O3S/c1-12-11-18(22-13(2)21-12)24-28(26,27)17-9-7-16(8-10-17)23-19(25)14-3-5-15(20)6-4-14/h3-11H,1-2H3,(H,23,25)(H,21,22,24). The fourth-order valence-corrected chi connectivity index (χ4v) is 3.48. The molecule has 0 aliphatic rings. The van der Waals surface area contributed by atoms with Crippen LogP contribution in [0.2, 0.25) is 0 Å². The maximum Gasteiger partial charge on any atom is 0.263 e. The highest BCUT2D eigenvalue weighted by Gasteiger charge is 2.16. The third-order valence-electron chi connectivity index (χ3n) is 3.73. The Hall–Kier alpha value is -3.33. The number of carbonyl (C=O) groups excluding carboxylic acids is 1. The Balaban J connectivity index is 1.73. The van der Waals surface area contributed by atoms with E-state index in [0.717, 1.165) is 0 Å². The van der Waals surface area contributed by atoms with Gasteiger partial charge in [-0.2, -0.15) is 0 Å². The minimum absolute atomic E-state index is 0.0150. The van der Waals surface area contributed by atoms with Crippen molar-refractivity contribution in [3.05, 3.63) is 77.5 Å². The number of aromatic nitrogens is 2. The van der Waals surface area contributed by atoms with Crippen LogP contribution in [0.1, 0.15) is 21.9 Å². The molecule has 0 aliphatic heterocycles. The van der Waals surface area contributed by atoms with Crippen molar-refractivity contribution in [2.45, 2.75) is 18.7 Å². The molecule has 2 aromatic carbocycles. The molecular formula is C19H17FN4O3S. The molecule has 1 amide bonds. The van der Waals surface area contributed by atoms with Crippen molar-refractivity contribution in [3.63, 3.8) is 0 Å². The first-order valence-electron chi connectivity index (χ1n) is 8.25. The van der Waals surface area contributed by atoms with E-state index in [-0.39, 0.29) is 16.3 Å². The smallest absolute Gasteiger partial charge is 0.263 e. The summed E-state index contributed by atoms with van der Waals surface area (Å²) in [4.78, 5) is 20.3. The Morgan fingerprint density at radius 2 is 1.61 bits per heavy atom. The molecular weight excluding hydrogens is 383 g/mol. The Labute approximate surface area is 161 Å². The van der Waals surface area contributed by atoms with E-state index in [0.29, 0.717) is 17.2 Å². The van der Waals surface area contributed by atoms with Gasteiger partial charge >= 0.3 is 0 Å². The van der Waals surface area contributed by atoms with Gasteiger partial charge in [-0.25, -0.2) is 22.8 Å². The Morgan fingerprint density at radius 1 is 0.964 bits per heavy atom. The van der Waals surface area contributed by atoms with Crippen molar-refractivity contribution in [1.82, 2.24) is 9.97 Å². The number of amides is 1. The number of benzene rings is 2. The number of sulfonamides is 1. The van der Waals surface area contributed by atoms with Crippen LogP contribution in [-0.2, 0) is 10.0 Å². The van der Waals surface area contributed by atoms with Crippen LogP contribution in [0.25, 0.3) is 0 Å². The quantitative estimate of drug-likeness (QED) is 0.684. The number of nitrogens with zero attached hydrogens (tertiary/aromatic N) is 2. The van der Waals surface area contributed by atoms with Crippen molar-refractivity contribution >= 4 is 27.4 Å². The Bertz CT molecular complexity index is 1090. The van der Waals surface area contributed by atoms with Gasteiger partial charge in [0, 0.05) is 23.0 Å². The molecule has 1 heterocycles. The molecule has 2 N–H and O–H groups in total. The number of carbonyl (C=O) groups is 1. The van der Waals surface area contributed by atoms with Gasteiger partial charge < -0.3 is 5.32 Å². The lowest BCUT2D eigenvalue weighted by atomic mass is 10.2. The van der Waals surface area contributed by atoms with Crippen molar-refractivity contribution < 1.29 is 17.6 Å². The molecule has 0 atom stereocenters. The van der Waals surface area contributed by atoms with Crippen LogP contribution in [0, 0.1) is 19.7 Å². The highest BCUT2D eigenvalue weighted by molar-refractivity contribution is 7.92. The zero-order valence-corrected chi connectivity index (χ0v) is 15.9. The second kappa shape index (κ2) is 7.73. The summed E-state index contributed by atoms with van der Waals surface area (Å²) in [5.41, 5.74) is 1.33. The first kappa shape index (κ1) is 19.4. The van der Waals surface area contributed by atoms with Crippen molar-refractivity contribution in [1.29, 1.82) is 0 Å². The van der Waals surface area contributed by atoms with E-state index >= 15 is 0 Å². The highest BCUT2D eigenvalue weighted by atomic mass is 32.2. The van der Waals surface area contributed by atoms with Crippen LogP contribution in [-0.4, -0.2) is 24.3 Å². The lowest BCUT2D eigenvalue weighted by molar-refractivity contribution is 0.102. The predicted molar refractivity (Wildman–Crippen MR) is 103 cm³/mol. The van der Waals surface area contributed by atoms with Gasteiger partial charge in [0.05, 0.1) is 4.90 Å². The minimum Gasteiger partial charge on any atom is -0.322 e. The number of rotatable bonds is 5. The third-order valence-corrected chi connectivity index (χ3v) is 5.10. The second-order valence-electron chi connectivity index (χ2n) is 6.03. The summed E-state index contributed by atoms with van der Waals surface area (Å²) in [6.07, 6.45) is 0. The van der Waals surface area contributed by atoms with Crippen LogP contribution in [0.4, 0.5) is 15.9 Å². The number of aryl methyl sites for hydroxylation is 2. The summed E-state index contributed by atoms with van der Waals surface area (Å²) in [5.74, 6) is -0.233. The van der Waals surface area contributed by atoms with Crippen LogP contribution >= 0.6 is 0 Å². The summed E-state index contributed by atoms with van der Waals surface area (Å²) >= 11 is 0. The summed E-state index contributed by atoms with van der Waals surface area (Å²) in [6, 6.07) is 12.3. The molecule has 144 valence electrons. The van der Waals surface area contributed by atoms with E-state index in [1.165, 1.54) is 54.6 Å². The summed E-state index contributed by atoms with van der Waals surface area (Å²) in [7, 11) is -3.84. The van der Waals surface area contributed by atoms with Gasteiger partial charge in [0.15, 0.2) is 0 Å². The molecule has 3 aromatic rings. The maximum atomic E-state index is 12.9. The summed E-state index contributed by atoms with van der Waals surface area (Å²) in [6.45, 7) is 3.41. The molecule has 0 bridgehead atoms. The second-order valence-corrected chi connectivity index (χ2v) is 7.72. The molecule has 28 heavy (non-hydrogen) atoms. The number of hydrogen-bond donors (Lipinski definition) is 2. The first-order valence-corrected chi connectivity index (χ1v) is 9.73. The summed E-state index contributed by atoms with van der Waals surface area (Å²) in [5, 5.41) is 2.62. The fraction of sp³-hybridized carbons (Fsp3) is 0.105. The minimum atomic E-state index is -3.84. The summed E-state index contributed by atoms with van der Waals surface area (Å²) < 4.78 is 40.4. The zero-order chi connectivity index (χ0) is 20.3. The average molecular weight is 400 g/mol. The molecule has 0 saturated heterocycles. The van der Waals surface area contributed by atoms with Gasteiger partial charge in [-0.1, -0.05) is 0 Å². The van der Waals surface area contributed by atoms with Gasteiger partial charge in [-0.3, -0.25) is 9.52 Å². The van der Waals surface area contributed by atoms with Crippen molar-refractivity contribution in [3.8, 4) is 0 Å². The molecule has 0 spiro atoms.